The zero-order valence-electron chi connectivity index (χ0n) is 11.0. The number of benzene rings is 1. The fraction of sp³-hybridized carbons (Fsp3) is 0.385. The number of nitrogens with zero attached hydrogens (tertiary/aromatic N) is 3. The van der Waals surface area contributed by atoms with Crippen molar-refractivity contribution in [2.45, 2.75) is 6.42 Å². The Balaban J connectivity index is 2.04. The summed E-state index contributed by atoms with van der Waals surface area (Å²) in [6.45, 7) is 1.58. The Kier molecular flexibility index (Phi) is 5.11. The predicted octanol–water partition coefficient (Wildman–Crippen LogP) is 2.43. The molecule has 106 valence electrons. The minimum absolute atomic E-state index is 0.0332. The zero-order chi connectivity index (χ0) is 14.4. The van der Waals surface area contributed by atoms with Crippen molar-refractivity contribution >= 4 is 29.4 Å². The number of amides is 3. The van der Waals surface area contributed by atoms with E-state index in [4.69, 9.17) is 5.73 Å². The number of azo groups is 1. The Morgan fingerprint density at radius 3 is 2.60 bits per heavy atom. The maximum atomic E-state index is 12.3. The highest BCUT2D eigenvalue weighted by Gasteiger charge is 2.17. The van der Waals surface area contributed by atoms with E-state index in [9.17, 15) is 9.59 Å². The van der Waals surface area contributed by atoms with Gasteiger partial charge in [0.25, 0.3) is 5.91 Å². The number of carbonyl (C=O) groups excluding carboxylic acids is 2. The smallest absolute Gasteiger partial charge is 0.348 e. The van der Waals surface area contributed by atoms with Crippen molar-refractivity contribution in [1.82, 2.24) is 4.90 Å². The van der Waals surface area contributed by atoms with Gasteiger partial charge in [-0.15, -0.1) is 5.11 Å². The monoisotopic (exact) mass is 292 g/mol. The van der Waals surface area contributed by atoms with Gasteiger partial charge >= 0.3 is 6.03 Å². The Morgan fingerprint density at radius 2 is 1.90 bits per heavy atom. The number of carbonyl (C=O) groups is 2. The Hall–Kier alpha value is -1.89. The first kappa shape index (κ1) is 14.5. The second-order valence-corrected chi connectivity index (χ2v) is 5.57. The summed E-state index contributed by atoms with van der Waals surface area (Å²) in [6, 6.07) is 5.83. The van der Waals surface area contributed by atoms with E-state index < -0.39 is 6.03 Å². The van der Waals surface area contributed by atoms with Crippen LogP contribution in [0.5, 0.6) is 0 Å². The quantitative estimate of drug-likeness (QED) is 0.849. The number of hydrogen-bond acceptors (Lipinski definition) is 4. The van der Waals surface area contributed by atoms with Gasteiger partial charge in [0.15, 0.2) is 0 Å². The van der Waals surface area contributed by atoms with E-state index >= 15 is 0 Å². The van der Waals surface area contributed by atoms with Crippen LogP contribution in [0.25, 0.3) is 0 Å². The van der Waals surface area contributed by atoms with Gasteiger partial charge in [-0.3, -0.25) is 4.79 Å². The van der Waals surface area contributed by atoms with E-state index in [0.717, 1.165) is 31.0 Å². The molecule has 0 spiro atoms. The first-order valence-corrected chi connectivity index (χ1v) is 7.50. The van der Waals surface area contributed by atoms with Crippen LogP contribution in [0.1, 0.15) is 16.8 Å². The van der Waals surface area contributed by atoms with Crippen LogP contribution < -0.4 is 5.73 Å². The fourth-order valence-corrected chi connectivity index (χ4v) is 2.80. The first-order chi connectivity index (χ1) is 9.66. The molecule has 2 rings (SSSR count). The Bertz CT molecular complexity index is 508. The largest absolute Gasteiger partial charge is 0.356 e. The van der Waals surface area contributed by atoms with Crippen molar-refractivity contribution in [3.8, 4) is 0 Å². The minimum atomic E-state index is -0.841. The molecule has 0 aliphatic carbocycles. The lowest BCUT2D eigenvalue weighted by Crippen LogP contribution is -2.32. The summed E-state index contributed by atoms with van der Waals surface area (Å²) in [4.78, 5) is 24.7. The third kappa shape index (κ3) is 4.06. The van der Waals surface area contributed by atoms with Gasteiger partial charge in [0.1, 0.15) is 0 Å². The van der Waals surface area contributed by atoms with Crippen molar-refractivity contribution in [2.75, 3.05) is 24.6 Å². The molecule has 0 radical (unpaired) electrons. The highest BCUT2D eigenvalue weighted by Crippen LogP contribution is 2.17. The number of rotatable bonds is 2. The van der Waals surface area contributed by atoms with Gasteiger partial charge in [0.2, 0.25) is 0 Å². The fourth-order valence-electron chi connectivity index (χ4n) is 1.91. The van der Waals surface area contributed by atoms with Crippen molar-refractivity contribution in [3.63, 3.8) is 0 Å². The number of nitrogens with two attached hydrogens (primary N) is 1. The van der Waals surface area contributed by atoms with E-state index in [0.29, 0.717) is 11.3 Å². The molecule has 1 aromatic carbocycles. The van der Waals surface area contributed by atoms with E-state index in [1.165, 1.54) is 0 Å². The lowest BCUT2D eigenvalue weighted by atomic mass is 10.2. The summed E-state index contributed by atoms with van der Waals surface area (Å²) in [7, 11) is 0. The molecule has 1 saturated heterocycles. The lowest BCUT2D eigenvalue weighted by molar-refractivity contribution is 0.0768. The average Bonchev–Trinajstić information content (AvgIpc) is 2.74. The summed E-state index contributed by atoms with van der Waals surface area (Å²) in [5, 5.41) is 6.89. The van der Waals surface area contributed by atoms with Gasteiger partial charge < -0.3 is 10.6 Å². The molecule has 6 nitrogen and oxygen atoms in total. The molecular weight excluding hydrogens is 276 g/mol. The van der Waals surface area contributed by atoms with E-state index in [1.54, 1.807) is 24.3 Å². The molecular formula is C13H16N4O2S. The third-order valence-corrected chi connectivity index (χ3v) is 3.94. The molecule has 1 heterocycles. The van der Waals surface area contributed by atoms with Crippen molar-refractivity contribution in [2.24, 2.45) is 16.0 Å². The maximum Gasteiger partial charge on any atom is 0.356 e. The summed E-state index contributed by atoms with van der Waals surface area (Å²) < 4.78 is 0. The van der Waals surface area contributed by atoms with Crippen LogP contribution in [0.15, 0.2) is 34.5 Å². The van der Waals surface area contributed by atoms with Crippen LogP contribution in [0, 0.1) is 0 Å². The second kappa shape index (κ2) is 7.04. The van der Waals surface area contributed by atoms with Gasteiger partial charge in [0.05, 0.1) is 5.69 Å². The van der Waals surface area contributed by atoms with Gasteiger partial charge in [-0.1, -0.05) is 5.11 Å². The highest BCUT2D eigenvalue weighted by atomic mass is 32.2. The van der Waals surface area contributed by atoms with Crippen LogP contribution in [0.2, 0.25) is 0 Å². The molecule has 1 aliphatic rings. The topological polar surface area (TPSA) is 88.1 Å². The second-order valence-electron chi connectivity index (χ2n) is 4.34. The molecule has 2 N–H and O–H groups in total. The normalized spacial score (nSPS) is 16.1. The molecule has 3 amide bonds. The Labute approximate surface area is 121 Å². The van der Waals surface area contributed by atoms with E-state index in [1.807, 2.05) is 16.7 Å². The molecule has 0 aromatic heterocycles. The number of hydrogen-bond donors (Lipinski definition) is 1. The summed E-state index contributed by atoms with van der Waals surface area (Å²) in [5.41, 5.74) is 5.98. The summed E-state index contributed by atoms with van der Waals surface area (Å²) in [6.07, 6.45) is 1.03. The van der Waals surface area contributed by atoms with Gasteiger partial charge in [-0.25, -0.2) is 4.79 Å². The third-order valence-electron chi connectivity index (χ3n) is 2.89. The average molecular weight is 292 g/mol. The predicted molar refractivity (Wildman–Crippen MR) is 78.4 cm³/mol. The molecule has 1 fully saturated rings. The van der Waals surface area contributed by atoms with Gasteiger partial charge in [-0.2, -0.15) is 11.8 Å². The number of urea groups is 1. The van der Waals surface area contributed by atoms with Crippen LogP contribution in [0.4, 0.5) is 10.5 Å². The molecule has 0 unspecified atom stereocenters. The SMILES string of the molecule is NC(=O)N=Nc1ccc(C(=O)N2CCCSCC2)cc1. The molecule has 20 heavy (non-hydrogen) atoms. The number of primary amides is 1. The van der Waals surface area contributed by atoms with Crippen LogP contribution in [-0.4, -0.2) is 41.4 Å². The standard InChI is InChI=1S/C13H16N4O2S/c14-13(19)16-15-11-4-2-10(3-5-11)12(18)17-6-1-8-20-9-7-17/h2-5H,1,6-9H2,(H2,14,19). The van der Waals surface area contributed by atoms with Crippen molar-refractivity contribution in [1.29, 1.82) is 0 Å². The molecule has 0 bridgehead atoms. The molecule has 1 aliphatic heterocycles. The summed E-state index contributed by atoms with van der Waals surface area (Å²) in [5.74, 6) is 2.12. The van der Waals surface area contributed by atoms with E-state index in [2.05, 4.69) is 10.2 Å². The minimum Gasteiger partial charge on any atom is -0.348 e. The van der Waals surface area contributed by atoms with Crippen LogP contribution >= 0.6 is 11.8 Å². The van der Waals surface area contributed by atoms with E-state index in [-0.39, 0.29) is 5.91 Å². The Morgan fingerprint density at radius 1 is 1.15 bits per heavy atom. The molecule has 0 saturated carbocycles. The van der Waals surface area contributed by atoms with Gasteiger partial charge in [0, 0.05) is 24.4 Å². The summed E-state index contributed by atoms with van der Waals surface area (Å²) >= 11 is 1.88. The molecule has 1 aromatic rings. The van der Waals surface area contributed by atoms with Crippen LogP contribution in [0.3, 0.4) is 0 Å². The zero-order valence-corrected chi connectivity index (χ0v) is 11.8. The number of thioether (sulfide) groups is 1. The lowest BCUT2D eigenvalue weighted by Gasteiger charge is -2.19. The van der Waals surface area contributed by atoms with Crippen molar-refractivity contribution in [3.05, 3.63) is 29.8 Å². The van der Waals surface area contributed by atoms with Crippen LogP contribution in [-0.2, 0) is 0 Å². The molecule has 0 atom stereocenters. The highest BCUT2D eigenvalue weighted by molar-refractivity contribution is 7.99. The van der Waals surface area contributed by atoms with Gasteiger partial charge in [-0.05, 0) is 36.4 Å². The molecule has 7 heteroatoms. The van der Waals surface area contributed by atoms with Crippen molar-refractivity contribution < 1.29 is 9.59 Å². The maximum absolute atomic E-state index is 12.3. The first-order valence-electron chi connectivity index (χ1n) is 6.35.